The fourth-order valence-corrected chi connectivity index (χ4v) is 3.47. The molecule has 0 bridgehead atoms. The zero-order valence-corrected chi connectivity index (χ0v) is 20.8. The van der Waals surface area contributed by atoms with Gasteiger partial charge in [-0.3, -0.25) is 9.59 Å². The SMILES string of the molecule is C=CC(=O)OCCOCCOCCOc1ccc(OC(=O)C2CCC(C(=O)OCOCC)CC2)cc1. The van der Waals surface area contributed by atoms with Crippen molar-refractivity contribution in [2.24, 2.45) is 11.8 Å². The molecule has 0 aromatic heterocycles. The van der Waals surface area contributed by atoms with Crippen molar-refractivity contribution in [1.29, 1.82) is 0 Å². The van der Waals surface area contributed by atoms with Crippen LogP contribution in [0.5, 0.6) is 11.5 Å². The zero-order valence-electron chi connectivity index (χ0n) is 20.8. The lowest BCUT2D eigenvalue weighted by Crippen LogP contribution is -2.29. The van der Waals surface area contributed by atoms with Gasteiger partial charge < -0.3 is 33.2 Å². The minimum Gasteiger partial charge on any atom is -0.491 e. The van der Waals surface area contributed by atoms with Crippen molar-refractivity contribution >= 4 is 17.9 Å². The van der Waals surface area contributed by atoms with E-state index in [4.69, 9.17) is 33.2 Å². The number of carbonyl (C=O) groups is 3. The largest absolute Gasteiger partial charge is 0.491 e. The molecule has 10 nitrogen and oxygen atoms in total. The van der Waals surface area contributed by atoms with E-state index in [0.717, 1.165) is 6.08 Å². The van der Waals surface area contributed by atoms with Gasteiger partial charge in [0, 0.05) is 12.7 Å². The summed E-state index contributed by atoms with van der Waals surface area (Å²) in [6.45, 7) is 7.57. The van der Waals surface area contributed by atoms with Crippen molar-refractivity contribution in [3.63, 3.8) is 0 Å². The summed E-state index contributed by atoms with van der Waals surface area (Å²) in [6, 6.07) is 6.80. The molecule has 0 atom stereocenters. The van der Waals surface area contributed by atoms with Crippen LogP contribution in [0.1, 0.15) is 32.6 Å². The molecule has 0 spiro atoms. The van der Waals surface area contributed by atoms with E-state index in [1.54, 1.807) is 24.3 Å². The molecule has 0 N–H and O–H groups in total. The van der Waals surface area contributed by atoms with Crippen LogP contribution in [0.4, 0.5) is 0 Å². The standard InChI is InChI=1S/C26H36O10/c1-3-24(27)34-18-16-32-14-13-31-15-17-33-22-9-11-23(12-10-22)36-26(29)21-7-5-20(6-8-21)25(28)35-19-30-4-2/h3,9-12,20-21H,1,4-8,13-19H2,2H3. The molecule has 0 heterocycles. The molecule has 1 saturated carbocycles. The predicted octanol–water partition coefficient (Wildman–Crippen LogP) is 3.08. The number of rotatable bonds is 17. The predicted molar refractivity (Wildman–Crippen MR) is 128 cm³/mol. The van der Waals surface area contributed by atoms with Gasteiger partial charge in [0.2, 0.25) is 0 Å². The second-order valence-electron chi connectivity index (χ2n) is 7.96. The molecule has 1 fully saturated rings. The highest BCUT2D eigenvalue weighted by atomic mass is 16.7. The Labute approximate surface area is 211 Å². The van der Waals surface area contributed by atoms with Crippen molar-refractivity contribution in [2.75, 3.05) is 53.0 Å². The topological polar surface area (TPSA) is 116 Å². The van der Waals surface area contributed by atoms with E-state index in [1.165, 1.54) is 0 Å². The Bertz CT molecular complexity index is 799. The van der Waals surface area contributed by atoms with Crippen LogP contribution in [0.3, 0.4) is 0 Å². The van der Waals surface area contributed by atoms with Gasteiger partial charge in [-0.25, -0.2) is 4.79 Å². The fourth-order valence-electron chi connectivity index (χ4n) is 3.47. The van der Waals surface area contributed by atoms with Gasteiger partial charge in [0.25, 0.3) is 0 Å². The Morgan fingerprint density at radius 1 is 0.778 bits per heavy atom. The van der Waals surface area contributed by atoms with Crippen molar-refractivity contribution in [1.82, 2.24) is 0 Å². The van der Waals surface area contributed by atoms with Crippen LogP contribution in [-0.2, 0) is 38.1 Å². The Kier molecular flexibility index (Phi) is 14.2. The second-order valence-corrected chi connectivity index (χ2v) is 7.96. The number of hydrogen-bond acceptors (Lipinski definition) is 10. The highest BCUT2D eigenvalue weighted by Gasteiger charge is 2.31. The molecule has 1 aromatic carbocycles. The number of ether oxygens (including phenoxy) is 7. The van der Waals surface area contributed by atoms with Gasteiger partial charge in [-0.2, -0.15) is 0 Å². The lowest BCUT2D eigenvalue weighted by atomic mass is 9.82. The Hall–Kier alpha value is -2.95. The number of esters is 3. The summed E-state index contributed by atoms with van der Waals surface area (Å²) in [5.41, 5.74) is 0. The third-order valence-electron chi connectivity index (χ3n) is 5.43. The van der Waals surface area contributed by atoms with E-state index in [2.05, 4.69) is 6.58 Å². The normalized spacial score (nSPS) is 17.1. The second kappa shape index (κ2) is 17.5. The van der Waals surface area contributed by atoms with E-state index in [-0.39, 0.29) is 37.2 Å². The number of carbonyl (C=O) groups excluding carboxylic acids is 3. The maximum absolute atomic E-state index is 12.5. The van der Waals surface area contributed by atoms with E-state index < -0.39 is 5.97 Å². The van der Waals surface area contributed by atoms with E-state index in [9.17, 15) is 14.4 Å². The summed E-state index contributed by atoms with van der Waals surface area (Å²) in [5, 5.41) is 0. The summed E-state index contributed by atoms with van der Waals surface area (Å²) in [6.07, 6.45) is 3.46. The van der Waals surface area contributed by atoms with Crippen LogP contribution in [0.25, 0.3) is 0 Å². The first-order valence-electron chi connectivity index (χ1n) is 12.2. The maximum atomic E-state index is 12.5. The Morgan fingerprint density at radius 2 is 1.33 bits per heavy atom. The minimum atomic E-state index is -0.477. The molecule has 0 unspecified atom stereocenters. The number of hydrogen-bond donors (Lipinski definition) is 0. The molecule has 1 aliphatic carbocycles. The molecule has 36 heavy (non-hydrogen) atoms. The van der Waals surface area contributed by atoms with Gasteiger partial charge in [0.15, 0.2) is 6.79 Å². The lowest BCUT2D eigenvalue weighted by Gasteiger charge is -2.25. The fraction of sp³-hybridized carbons (Fsp3) is 0.577. The van der Waals surface area contributed by atoms with Crippen molar-refractivity contribution in [2.45, 2.75) is 32.6 Å². The first-order valence-corrected chi connectivity index (χ1v) is 12.2. The summed E-state index contributed by atoms with van der Waals surface area (Å²) in [7, 11) is 0. The molecule has 1 aliphatic rings. The molecule has 1 aromatic rings. The highest BCUT2D eigenvalue weighted by Crippen LogP contribution is 2.31. The van der Waals surface area contributed by atoms with Crippen molar-refractivity contribution < 1.29 is 47.5 Å². The molecule has 0 radical (unpaired) electrons. The zero-order chi connectivity index (χ0) is 26.0. The van der Waals surface area contributed by atoms with Crippen molar-refractivity contribution in [3.8, 4) is 11.5 Å². The average Bonchev–Trinajstić information content (AvgIpc) is 2.90. The molecule has 200 valence electrons. The van der Waals surface area contributed by atoms with Gasteiger partial charge in [-0.05, 0) is 56.9 Å². The van der Waals surface area contributed by atoms with E-state index >= 15 is 0 Å². The third-order valence-corrected chi connectivity index (χ3v) is 5.43. The first-order chi connectivity index (χ1) is 17.5. The average molecular weight is 509 g/mol. The molecule has 0 saturated heterocycles. The van der Waals surface area contributed by atoms with Crippen LogP contribution < -0.4 is 9.47 Å². The summed E-state index contributed by atoms with van der Waals surface area (Å²) in [5.74, 6) is -0.401. The molecule has 0 amide bonds. The summed E-state index contributed by atoms with van der Waals surface area (Å²) >= 11 is 0. The molecule has 0 aliphatic heterocycles. The van der Waals surface area contributed by atoms with Gasteiger partial charge in [-0.1, -0.05) is 6.58 Å². The highest BCUT2D eigenvalue weighted by molar-refractivity contribution is 5.81. The van der Waals surface area contributed by atoms with Crippen LogP contribution in [-0.4, -0.2) is 70.9 Å². The number of benzene rings is 1. The van der Waals surface area contributed by atoms with E-state index in [0.29, 0.717) is 76.8 Å². The summed E-state index contributed by atoms with van der Waals surface area (Å²) in [4.78, 5) is 35.4. The van der Waals surface area contributed by atoms with Crippen LogP contribution in [0.15, 0.2) is 36.9 Å². The molecule has 10 heteroatoms. The first kappa shape index (κ1) is 29.3. The van der Waals surface area contributed by atoms with E-state index in [1.807, 2.05) is 6.92 Å². The Balaban J connectivity index is 1.55. The van der Waals surface area contributed by atoms with Crippen LogP contribution in [0, 0.1) is 11.8 Å². The molecular weight excluding hydrogens is 472 g/mol. The van der Waals surface area contributed by atoms with Gasteiger partial charge >= 0.3 is 17.9 Å². The van der Waals surface area contributed by atoms with Crippen molar-refractivity contribution in [3.05, 3.63) is 36.9 Å². The van der Waals surface area contributed by atoms with Gasteiger partial charge in [0.1, 0.15) is 24.7 Å². The van der Waals surface area contributed by atoms with Crippen LogP contribution in [0.2, 0.25) is 0 Å². The lowest BCUT2D eigenvalue weighted by molar-refractivity contribution is -0.163. The van der Waals surface area contributed by atoms with Crippen LogP contribution >= 0.6 is 0 Å². The quantitative estimate of drug-likeness (QED) is 0.102. The monoisotopic (exact) mass is 508 g/mol. The minimum absolute atomic E-state index is 0.0308. The van der Waals surface area contributed by atoms with Gasteiger partial charge in [-0.15, -0.1) is 0 Å². The third kappa shape index (κ3) is 11.7. The summed E-state index contributed by atoms with van der Waals surface area (Å²) < 4.78 is 36.7. The maximum Gasteiger partial charge on any atom is 0.330 e. The van der Waals surface area contributed by atoms with Gasteiger partial charge in [0.05, 0.1) is 38.3 Å². The molecule has 2 rings (SSSR count). The Morgan fingerprint density at radius 3 is 1.94 bits per heavy atom. The molecular formula is C26H36O10. The smallest absolute Gasteiger partial charge is 0.330 e.